The van der Waals surface area contributed by atoms with Gasteiger partial charge in [-0.2, -0.15) is 0 Å². The summed E-state index contributed by atoms with van der Waals surface area (Å²) in [6, 6.07) is 22.4. The minimum Gasteiger partial charge on any atom is -0.493 e. The summed E-state index contributed by atoms with van der Waals surface area (Å²) in [6.07, 6.45) is 0. The van der Waals surface area contributed by atoms with Gasteiger partial charge in [0, 0.05) is 15.3 Å². The summed E-state index contributed by atoms with van der Waals surface area (Å²) >= 11 is 5.88. The van der Waals surface area contributed by atoms with Crippen LogP contribution in [0.4, 0.5) is 5.69 Å². The van der Waals surface area contributed by atoms with E-state index >= 15 is 0 Å². The van der Waals surface area contributed by atoms with Crippen LogP contribution in [0.5, 0.6) is 11.5 Å². The van der Waals surface area contributed by atoms with E-state index in [0.29, 0.717) is 23.7 Å². The molecular formula is C29H23BrN2O5S2. The molecule has 10 heteroatoms. The van der Waals surface area contributed by atoms with Crippen molar-refractivity contribution < 1.29 is 19.1 Å². The highest BCUT2D eigenvalue weighted by molar-refractivity contribution is 9.10. The summed E-state index contributed by atoms with van der Waals surface area (Å²) in [5.74, 6) is -0.663. The van der Waals surface area contributed by atoms with Gasteiger partial charge in [0.15, 0.2) is 11.5 Å². The van der Waals surface area contributed by atoms with Gasteiger partial charge in [-0.05, 0) is 47.5 Å². The predicted molar refractivity (Wildman–Crippen MR) is 155 cm³/mol. The molecule has 3 heterocycles. The van der Waals surface area contributed by atoms with Gasteiger partial charge in [-0.3, -0.25) is 19.0 Å². The number of rotatable bonds is 6. The van der Waals surface area contributed by atoms with Crippen LogP contribution in [0.25, 0.3) is 0 Å². The molecule has 2 aliphatic rings. The fourth-order valence-corrected chi connectivity index (χ4v) is 8.31. The molecular weight excluding hydrogens is 600 g/mol. The molecule has 0 spiro atoms. The van der Waals surface area contributed by atoms with Crippen LogP contribution in [0.1, 0.15) is 21.9 Å². The van der Waals surface area contributed by atoms with E-state index in [0.717, 1.165) is 36.8 Å². The van der Waals surface area contributed by atoms with Gasteiger partial charge in [0.1, 0.15) is 5.25 Å². The second-order valence-corrected chi connectivity index (χ2v) is 12.3. The van der Waals surface area contributed by atoms with Crippen molar-refractivity contribution in [2.75, 3.05) is 19.1 Å². The summed E-state index contributed by atoms with van der Waals surface area (Å²) in [4.78, 5) is 43.2. The largest absolute Gasteiger partial charge is 0.493 e. The average molecular weight is 624 g/mol. The standard InChI is InChI=1S/C29H23BrN2O5S2/c1-36-20-13-8-17(14-21(20)37-2)22-23-24(27(34)32(26(23)33)19-11-9-18(30)10-12-19)38-28-25(22)39-29(35)31(28)15-16-6-4-3-5-7-16/h3-14,22-24H,15H2,1-2H3/t22-,23-,24+/m0/s1. The molecule has 6 rings (SSSR count). The topological polar surface area (TPSA) is 77.8 Å². The summed E-state index contributed by atoms with van der Waals surface area (Å²) < 4.78 is 13.6. The van der Waals surface area contributed by atoms with Gasteiger partial charge in [-0.15, -0.1) is 0 Å². The van der Waals surface area contributed by atoms with Crippen LogP contribution in [-0.4, -0.2) is 35.9 Å². The Morgan fingerprint density at radius 3 is 2.28 bits per heavy atom. The van der Waals surface area contributed by atoms with Crippen molar-refractivity contribution in [2.24, 2.45) is 5.92 Å². The van der Waals surface area contributed by atoms with E-state index < -0.39 is 17.1 Å². The third kappa shape index (κ3) is 4.40. The Labute approximate surface area is 241 Å². The molecule has 7 nitrogen and oxygen atoms in total. The van der Waals surface area contributed by atoms with Crippen molar-refractivity contribution in [1.29, 1.82) is 0 Å². The lowest BCUT2D eigenvalue weighted by Gasteiger charge is -2.31. The van der Waals surface area contributed by atoms with Crippen molar-refractivity contribution in [3.63, 3.8) is 0 Å². The Morgan fingerprint density at radius 1 is 0.872 bits per heavy atom. The van der Waals surface area contributed by atoms with E-state index in [2.05, 4.69) is 15.9 Å². The molecule has 0 bridgehead atoms. The molecule has 3 atom stereocenters. The Morgan fingerprint density at radius 2 is 1.59 bits per heavy atom. The minimum absolute atomic E-state index is 0.119. The first-order chi connectivity index (χ1) is 18.9. The van der Waals surface area contributed by atoms with E-state index in [4.69, 9.17) is 9.47 Å². The predicted octanol–water partition coefficient (Wildman–Crippen LogP) is 5.53. The number of imide groups is 1. The zero-order valence-corrected chi connectivity index (χ0v) is 24.2. The first-order valence-corrected chi connectivity index (χ1v) is 14.7. The number of thioether (sulfide) groups is 1. The van der Waals surface area contributed by atoms with Gasteiger partial charge in [0.2, 0.25) is 11.8 Å². The number of carbonyl (C=O) groups excluding carboxylic acids is 2. The highest BCUT2D eigenvalue weighted by atomic mass is 79.9. The molecule has 1 fully saturated rings. The zero-order chi connectivity index (χ0) is 27.3. The quantitative estimate of drug-likeness (QED) is 0.263. The Balaban J connectivity index is 1.51. The number of ether oxygens (including phenoxy) is 2. The number of halogens is 1. The van der Waals surface area contributed by atoms with Crippen molar-refractivity contribution in [3.8, 4) is 11.5 Å². The van der Waals surface area contributed by atoms with Crippen molar-refractivity contribution in [3.05, 3.63) is 103 Å². The smallest absolute Gasteiger partial charge is 0.308 e. The van der Waals surface area contributed by atoms with Crippen molar-refractivity contribution in [2.45, 2.75) is 22.7 Å². The number of nitrogens with zero attached hydrogens (tertiary/aromatic N) is 2. The number of carbonyl (C=O) groups is 2. The van der Waals surface area contributed by atoms with Gasteiger partial charge >= 0.3 is 4.87 Å². The van der Waals surface area contributed by atoms with Crippen LogP contribution >= 0.6 is 39.0 Å². The second kappa shape index (κ2) is 10.3. The highest BCUT2D eigenvalue weighted by Gasteiger charge is 2.56. The number of hydrogen-bond acceptors (Lipinski definition) is 7. The molecule has 198 valence electrons. The van der Waals surface area contributed by atoms with Crippen LogP contribution in [-0.2, 0) is 16.1 Å². The fourth-order valence-electron chi connectivity index (χ4n) is 5.27. The van der Waals surface area contributed by atoms with Gasteiger partial charge in [0.25, 0.3) is 0 Å². The Kier molecular flexibility index (Phi) is 6.86. The molecule has 1 aromatic heterocycles. The monoisotopic (exact) mass is 622 g/mol. The van der Waals surface area contributed by atoms with Crippen molar-refractivity contribution in [1.82, 2.24) is 4.57 Å². The molecule has 0 unspecified atom stereocenters. The van der Waals surface area contributed by atoms with Gasteiger partial charge < -0.3 is 9.47 Å². The fraction of sp³-hybridized carbons (Fsp3) is 0.207. The maximum atomic E-state index is 14.0. The van der Waals surface area contributed by atoms with Crippen LogP contribution < -0.4 is 19.2 Å². The van der Waals surface area contributed by atoms with E-state index in [1.54, 1.807) is 37.0 Å². The number of amides is 2. The summed E-state index contributed by atoms with van der Waals surface area (Å²) in [7, 11) is 3.12. The van der Waals surface area contributed by atoms with Gasteiger partial charge in [-0.1, -0.05) is 75.4 Å². The summed E-state index contributed by atoms with van der Waals surface area (Å²) in [5.41, 5.74) is 2.30. The van der Waals surface area contributed by atoms with E-state index in [-0.39, 0.29) is 16.7 Å². The SMILES string of the molecule is COc1ccc([C@@H]2c3sc(=O)n(Cc4ccccc4)c3S[C@H]3C(=O)N(c4ccc(Br)cc4)C(=O)[C@@H]23)cc1OC. The normalized spacial score (nSPS) is 20.1. The lowest BCUT2D eigenvalue weighted by atomic mass is 9.83. The van der Waals surface area contributed by atoms with Crippen LogP contribution in [0, 0.1) is 5.92 Å². The van der Waals surface area contributed by atoms with E-state index in [1.165, 1.54) is 16.7 Å². The first kappa shape index (κ1) is 25.9. The Bertz CT molecular complexity index is 1630. The number of aromatic nitrogens is 1. The third-order valence-corrected chi connectivity index (χ3v) is 10.2. The molecule has 2 amide bonds. The van der Waals surface area contributed by atoms with Gasteiger partial charge in [-0.25, -0.2) is 4.90 Å². The maximum absolute atomic E-state index is 14.0. The summed E-state index contributed by atoms with van der Waals surface area (Å²) in [5, 5.41) is 0.0523. The van der Waals surface area contributed by atoms with Gasteiger partial charge in [0.05, 0.1) is 37.4 Å². The number of methoxy groups -OCH3 is 2. The third-order valence-electron chi connectivity index (χ3n) is 7.08. The lowest BCUT2D eigenvalue weighted by Crippen LogP contribution is -2.32. The van der Waals surface area contributed by atoms with E-state index in [1.807, 2.05) is 54.6 Å². The summed E-state index contributed by atoms with van der Waals surface area (Å²) in [6.45, 7) is 0.382. The second-order valence-electron chi connectivity index (χ2n) is 9.25. The van der Waals surface area contributed by atoms with Crippen molar-refractivity contribution >= 4 is 56.5 Å². The molecule has 0 radical (unpaired) electrons. The molecule has 39 heavy (non-hydrogen) atoms. The van der Waals surface area contributed by atoms with Crippen LogP contribution in [0.15, 0.2) is 87.1 Å². The zero-order valence-electron chi connectivity index (χ0n) is 21.0. The lowest BCUT2D eigenvalue weighted by molar-refractivity contribution is -0.122. The molecule has 0 aliphatic carbocycles. The Hall–Kier alpha value is -3.34. The number of thiazole rings is 1. The molecule has 0 saturated carbocycles. The first-order valence-electron chi connectivity index (χ1n) is 12.2. The number of benzene rings is 3. The number of anilines is 1. The minimum atomic E-state index is -0.681. The molecule has 0 N–H and O–H groups in total. The number of fused-ring (bicyclic) bond motifs is 2. The molecule has 1 saturated heterocycles. The van der Waals surface area contributed by atoms with E-state index in [9.17, 15) is 14.4 Å². The highest BCUT2D eigenvalue weighted by Crippen LogP contribution is 2.54. The van der Waals surface area contributed by atoms with Crippen LogP contribution in [0.3, 0.4) is 0 Å². The van der Waals surface area contributed by atoms with Crippen LogP contribution in [0.2, 0.25) is 0 Å². The average Bonchev–Trinajstić information content (AvgIpc) is 3.40. The number of hydrogen-bond donors (Lipinski definition) is 0. The molecule has 2 aliphatic heterocycles. The maximum Gasteiger partial charge on any atom is 0.308 e. The molecule has 3 aromatic carbocycles. The molecule has 4 aromatic rings.